The van der Waals surface area contributed by atoms with Crippen LogP contribution < -0.4 is 5.56 Å². The van der Waals surface area contributed by atoms with Gasteiger partial charge in [0.2, 0.25) is 0 Å². The summed E-state index contributed by atoms with van der Waals surface area (Å²) >= 11 is 0. The Bertz CT molecular complexity index is 1020. The molecule has 126 valence electrons. The summed E-state index contributed by atoms with van der Waals surface area (Å²) in [5.41, 5.74) is 4.45. The van der Waals surface area contributed by atoms with Crippen LogP contribution in [-0.2, 0) is 6.54 Å². The molecule has 3 aromatic rings. The predicted molar refractivity (Wildman–Crippen MR) is 101 cm³/mol. The van der Waals surface area contributed by atoms with Crippen LogP contribution in [0.5, 0.6) is 0 Å². The third-order valence-corrected chi connectivity index (χ3v) is 5.54. The molecule has 0 N–H and O–H groups in total. The molecule has 0 atom stereocenters. The smallest absolute Gasteiger partial charge is 0.274 e. The van der Waals surface area contributed by atoms with E-state index in [0.717, 1.165) is 47.2 Å². The lowest BCUT2D eigenvalue weighted by molar-refractivity contribution is 0.217. The van der Waals surface area contributed by atoms with Crippen LogP contribution >= 0.6 is 0 Å². The standard InChI is InChI=1S/C21H21N3O/c25-21-18-10-6-9-16-15-7-2-3-8-17(15)20(19(16)18)22-24(21)14-13-23-11-4-1-5-12-23/h2-3,6-10H,1,4-5,11-14H2. The third kappa shape index (κ3) is 2.32. The normalized spacial score (nSPS) is 16.3. The van der Waals surface area contributed by atoms with Gasteiger partial charge in [0.05, 0.1) is 11.9 Å². The Balaban J connectivity index is 1.60. The monoisotopic (exact) mass is 331 g/mol. The zero-order valence-electron chi connectivity index (χ0n) is 14.2. The third-order valence-electron chi connectivity index (χ3n) is 5.54. The highest BCUT2D eigenvalue weighted by Gasteiger charge is 2.24. The lowest BCUT2D eigenvalue weighted by Crippen LogP contribution is -2.35. The summed E-state index contributed by atoms with van der Waals surface area (Å²) in [5.74, 6) is 0. The molecule has 25 heavy (non-hydrogen) atoms. The fourth-order valence-electron chi connectivity index (χ4n) is 4.25. The van der Waals surface area contributed by atoms with Gasteiger partial charge in [0.15, 0.2) is 0 Å². The van der Waals surface area contributed by atoms with Crippen LogP contribution in [0.4, 0.5) is 0 Å². The maximum atomic E-state index is 13.0. The molecule has 1 fully saturated rings. The molecule has 0 radical (unpaired) electrons. The van der Waals surface area contributed by atoms with Gasteiger partial charge in [0.1, 0.15) is 5.69 Å². The van der Waals surface area contributed by atoms with Gasteiger partial charge in [0, 0.05) is 17.5 Å². The van der Waals surface area contributed by atoms with Crippen LogP contribution in [-0.4, -0.2) is 34.3 Å². The lowest BCUT2D eigenvalue weighted by atomic mass is 10.0. The quantitative estimate of drug-likeness (QED) is 0.576. The number of rotatable bonds is 3. The van der Waals surface area contributed by atoms with Crippen LogP contribution in [0, 0.1) is 0 Å². The number of hydrogen-bond acceptors (Lipinski definition) is 3. The average Bonchev–Trinajstić information content (AvgIpc) is 2.99. The minimum atomic E-state index is 0.0328. The second kappa shape index (κ2) is 5.81. The first kappa shape index (κ1) is 14.8. The van der Waals surface area contributed by atoms with E-state index < -0.39 is 0 Å². The molecule has 5 rings (SSSR count). The molecule has 2 aromatic carbocycles. The SMILES string of the molecule is O=c1c2cccc3c2c(nn1CCN1CCCCC1)-c1ccccc1-3. The Kier molecular flexibility index (Phi) is 3.45. The largest absolute Gasteiger partial charge is 0.301 e. The fraction of sp³-hybridized carbons (Fsp3) is 0.333. The van der Waals surface area contributed by atoms with E-state index in [0.29, 0.717) is 6.54 Å². The van der Waals surface area contributed by atoms with E-state index in [-0.39, 0.29) is 5.56 Å². The topological polar surface area (TPSA) is 38.1 Å². The highest BCUT2D eigenvalue weighted by molar-refractivity contribution is 6.13. The number of hydrogen-bond donors (Lipinski definition) is 0. The second-order valence-electron chi connectivity index (χ2n) is 7.05. The van der Waals surface area contributed by atoms with E-state index in [4.69, 9.17) is 5.10 Å². The molecule has 0 bridgehead atoms. The molecule has 2 aliphatic rings. The summed E-state index contributed by atoms with van der Waals surface area (Å²) in [7, 11) is 0. The predicted octanol–water partition coefficient (Wildman–Crippen LogP) is 3.53. The van der Waals surface area contributed by atoms with Crippen LogP contribution in [0.1, 0.15) is 19.3 Å². The van der Waals surface area contributed by atoms with Gasteiger partial charge in [-0.1, -0.05) is 42.8 Å². The minimum Gasteiger partial charge on any atom is -0.301 e. The molecule has 1 aromatic heterocycles. The number of nitrogens with zero attached hydrogens (tertiary/aromatic N) is 3. The van der Waals surface area contributed by atoms with Crippen LogP contribution in [0.2, 0.25) is 0 Å². The van der Waals surface area contributed by atoms with Crippen molar-refractivity contribution in [1.82, 2.24) is 14.7 Å². The second-order valence-corrected chi connectivity index (χ2v) is 7.05. The molecule has 4 heteroatoms. The molecule has 0 amide bonds. The average molecular weight is 331 g/mol. The van der Waals surface area contributed by atoms with Crippen LogP contribution in [0.15, 0.2) is 47.3 Å². The van der Waals surface area contributed by atoms with Gasteiger partial charge in [-0.3, -0.25) is 4.79 Å². The van der Waals surface area contributed by atoms with Crippen molar-refractivity contribution in [3.05, 3.63) is 52.8 Å². The molecule has 4 nitrogen and oxygen atoms in total. The zero-order chi connectivity index (χ0) is 16.8. The first-order valence-corrected chi connectivity index (χ1v) is 9.19. The lowest BCUT2D eigenvalue weighted by Gasteiger charge is -2.26. The van der Waals surface area contributed by atoms with Crippen LogP contribution in [0.3, 0.4) is 0 Å². The number of aromatic nitrogens is 2. The number of benzene rings is 2. The summed E-state index contributed by atoms with van der Waals surface area (Å²) in [6.07, 6.45) is 3.86. The van der Waals surface area contributed by atoms with Gasteiger partial charge in [-0.05, 0) is 43.1 Å². The summed E-state index contributed by atoms with van der Waals surface area (Å²) in [6, 6.07) is 14.3. The van der Waals surface area contributed by atoms with Crippen LogP contribution in [0.25, 0.3) is 33.2 Å². The minimum absolute atomic E-state index is 0.0328. The van der Waals surface area contributed by atoms with Crippen molar-refractivity contribution in [2.24, 2.45) is 0 Å². The Morgan fingerprint density at radius 2 is 1.60 bits per heavy atom. The van der Waals surface area contributed by atoms with E-state index in [1.165, 1.54) is 24.8 Å². The van der Waals surface area contributed by atoms with Gasteiger partial charge in [-0.2, -0.15) is 5.10 Å². The molecule has 1 aliphatic carbocycles. The van der Waals surface area contributed by atoms with Crippen molar-refractivity contribution in [2.45, 2.75) is 25.8 Å². The van der Waals surface area contributed by atoms with Crippen molar-refractivity contribution < 1.29 is 0 Å². The number of fused-ring (bicyclic) bond motifs is 3. The maximum absolute atomic E-state index is 13.0. The molecule has 0 spiro atoms. The summed E-state index contributed by atoms with van der Waals surface area (Å²) in [4.78, 5) is 15.4. The molecule has 2 heterocycles. The number of piperidine rings is 1. The van der Waals surface area contributed by atoms with E-state index in [1.807, 2.05) is 24.3 Å². The van der Waals surface area contributed by atoms with Crippen molar-refractivity contribution in [3.8, 4) is 22.4 Å². The van der Waals surface area contributed by atoms with Crippen molar-refractivity contribution in [1.29, 1.82) is 0 Å². The van der Waals surface area contributed by atoms with Crippen molar-refractivity contribution in [3.63, 3.8) is 0 Å². The Morgan fingerprint density at radius 3 is 2.44 bits per heavy atom. The zero-order valence-corrected chi connectivity index (χ0v) is 14.2. The molecular weight excluding hydrogens is 310 g/mol. The van der Waals surface area contributed by atoms with E-state index in [1.54, 1.807) is 4.68 Å². The summed E-state index contributed by atoms with van der Waals surface area (Å²) < 4.78 is 1.68. The van der Waals surface area contributed by atoms with Gasteiger partial charge in [-0.15, -0.1) is 0 Å². The highest BCUT2D eigenvalue weighted by Crippen LogP contribution is 2.44. The van der Waals surface area contributed by atoms with Crippen molar-refractivity contribution in [2.75, 3.05) is 19.6 Å². The first-order valence-electron chi connectivity index (χ1n) is 9.19. The fourth-order valence-corrected chi connectivity index (χ4v) is 4.25. The Labute approximate surface area is 146 Å². The Morgan fingerprint density at radius 1 is 0.840 bits per heavy atom. The molecular formula is C21H21N3O. The Hall–Kier alpha value is -2.46. The summed E-state index contributed by atoms with van der Waals surface area (Å²) in [5, 5.41) is 6.58. The van der Waals surface area contributed by atoms with Gasteiger partial charge in [-0.25, -0.2) is 4.68 Å². The first-order chi connectivity index (χ1) is 12.3. The molecule has 0 unspecified atom stereocenters. The molecule has 0 saturated carbocycles. The van der Waals surface area contributed by atoms with Gasteiger partial charge in [0.25, 0.3) is 5.56 Å². The highest BCUT2D eigenvalue weighted by atomic mass is 16.1. The molecule has 1 saturated heterocycles. The van der Waals surface area contributed by atoms with Crippen molar-refractivity contribution >= 4 is 10.8 Å². The van der Waals surface area contributed by atoms with E-state index >= 15 is 0 Å². The van der Waals surface area contributed by atoms with Gasteiger partial charge < -0.3 is 4.90 Å². The van der Waals surface area contributed by atoms with E-state index in [9.17, 15) is 4.79 Å². The van der Waals surface area contributed by atoms with E-state index in [2.05, 4.69) is 23.1 Å². The number of likely N-dealkylation sites (tertiary alicyclic amines) is 1. The summed E-state index contributed by atoms with van der Waals surface area (Å²) in [6.45, 7) is 3.84. The maximum Gasteiger partial charge on any atom is 0.274 e. The molecule has 1 aliphatic heterocycles. The van der Waals surface area contributed by atoms with Gasteiger partial charge >= 0.3 is 0 Å².